The third kappa shape index (κ3) is 1.32. The highest BCUT2D eigenvalue weighted by Crippen LogP contribution is 2.82. The van der Waals surface area contributed by atoms with Crippen LogP contribution >= 0.6 is 0 Å². The highest BCUT2D eigenvalue weighted by Gasteiger charge is 2.75. The topological polar surface area (TPSA) is 34.1 Å². The van der Waals surface area contributed by atoms with E-state index in [-0.39, 0.29) is 22.0 Å². The van der Waals surface area contributed by atoms with Crippen molar-refractivity contribution in [1.29, 1.82) is 0 Å². The number of carbonyl (C=O) groups is 2. The van der Waals surface area contributed by atoms with Crippen LogP contribution in [0.1, 0.15) is 73.8 Å². The molecule has 2 nitrogen and oxygen atoms in total. The first-order chi connectivity index (χ1) is 10.8. The first-order valence-corrected chi connectivity index (χ1v) is 8.85. The molecule has 0 bridgehead atoms. The Morgan fingerprint density at radius 1 is 1.05 bits per heavy atom. The number of hydrogen-bond donors (Lipinski definition) is 0. The zero-order valence-electron chi connectivity index (χ0n) is 14.9. The van der Waals surface area contributed by atoms with Gasteiger partial charge in [0.1, 0.15) is 11.6 Å². The van der Waals surface area contributed by atoms with Crippen LogP contribution in [-0.2, 0) is 9.59 Å². The number of rotatable bonds is 0. The van der Waals surface area contributed by atoms with E-state index in [1.807, 2.05) is 0 Å². The van der Waals surface area contributed by atoms with Gasteiger partial charge in [0, 0.05) is 27.4 Å². The van der Waals surface area contributed by atoms with Gasteiger partial charge in [0.2, 0.25) is 0 Å². The molecular weight excluding hydrogens is 260 g/mol. The lowest BCUT2D eigenvalue weighted by Gasteiger charge is -2.53. The summed E-state index contributed by atoms with van der Waals surface area (Å²) in [6.07, 6.45) is 6.24. The van der Waals surface area contributed by atoms with Crippen LogP contribution in [0.25, 0.3) is 0 Å². The van der Waals surface area contributed by atoms with Gasteiger partial charge in [-0.3, -0.25) is 9.59 Å². The Kier molecular flexibility index (Phi) is 1.89. The first kappa shape index (κ1) is 11.0. The molecule has 0 radical (unpaired) electrons. The van der Waals surface area contributed by atoms with Crippen LogP contribution in [-0.4, -0.2) is 11.6 Å². The molecule has 0 aromatic heterocycles. The van der Waals surface area contributed by atoms with Crippen LogP contribution in [0.2, 0.25) is 0 Å². The molecular formula is C19H26O2. The number of hydrogen-bond acceptors (Lipinski definition) is 2. The van der Waals surface area contributed by atoms with Gasteiger partial charge in [-0.25, -0.2) is 0 Å². The van der Waals surface area contributed by atoms with Crippen LogP contribution in [0.4, 0.5) is 0 Å². The second-order valence-electron chi connectivity index (χ2n) is 8.73. The highest BCUT2D eigenvalue weighted by atomic mass is 16.1. The summed E-state index contributed by atoms with van der Waals surface area (Å²) in [7, 11) is 0. The van der Waals surface area contributed by atoms with E-state index in [1.165, 1.54) is 0 Å². The van der Waals surface area contributed by atoms with E-state index in [2.05, 4.69) is 6.92 Å². The molecule has 0 spiro atoms. The van der Waals surface area contributed by atoms with Crippen molar-refractivity contribution < 1.29 is 12.3 Å². The van der Waals surface area contributed by atoms with Gasteiger partial charge in [0.05, 0.1) is 0 Å². The molecule has 0 amide bonds. The summed E-state index contributed by atoms with van der Waals surface area (Å²) in [5.41, 5.74) is -0.736. The highest BCUT2D eigenvalue weighted by molar-refractivity contribution is 5.87. The fourth-order valence-electron chi connectivity index (χ4n) is 7.15. The van der Waals surface area contributed by atoms with Crippen LogP contribution in [0.15, 0.2) is 0 Å². The van der Waals surface area contributed by atoms with E-state index in [9.17, 15) is 9.59 Å². The second kappa shape index (κ2) is 3.63. The average Bonchev–Trinajstić information content (AvgIpc) is 2.77. The van der Waals surface area contributed by atoms with Crippen molar-refractivity contribution >= 4 is 11.6 Å². The van der Waals surface area contributed by atoms with Crippen molar-refractivity contribution in [3.05, 3.63) is 0 Å². The molecule has 5 saturated carbocycles. The Morgan fingerprint density at radius 2 is 1.90 bits per heavy atom. The van der Waals surface area contributed by atoms with Crippen LogP contribution in [0.3, 0.4) is 0 Å². The van der Waals surface area contributed by atoms with Gasteiger partial charge >= 0.3 is 0 Å². The zero-order valence-corrected chi connectivity index (χ0v) is 12.9. The smallest absolute Gasteiger partial charge is 0.139 e. The maximum Gasteiger partial charge on any atom is 0.139 e. The van der Waals surface area contributed by atoms with Crippen LogP contribution in [0.5, 0.6) is 0 Å². The Labute approximate surface area is 129 Å². The van der Waals surface area contributed by atoms with Gasteiger partial charge in [-0.05, 0) is 73.5 Å². The monoisotopic (exact) mass is 288 g/mol. The van der Waals surface area contributed by atoms with Gasteiger partial charge in [-0.2, -0.15) is 0 Å². The summed E-state index contributed by atoms with van der Waals surface area (Å²) in [6, 6.07) is 0. The van der Waals surface area contributed by atoms with Gasteiger partial charge in [-0.1, -0.05) is 6.92 Å². The number of ketones is 2. The van der Waals surface area contributed by atoms with Gasteiger partial charge in [0.15, 0.2) is 0 Å². The Hall–Kier alpha value is -0.660. The van der Waals surface area contributed by atoms with Crippen molar-refractivity contribution in [2.45, 2.75) is 71.1 Å². The Balaban J connectivity index is 1.56. The Bertz CT molecular complexity index is 629. The molecule has 5 aliphatic carbocycles. The molecule has 0 heterocycles. The maximum atomic E-state index is 12.4. The number of fused-ring (bicyclic) bond motifs is 3. The fourth-order valence-corrected chi connectivity index (χ4v) is 7.15. The van der Waals surface area contributed by atoms with Crippen molar-refractivity contribution in [2.24, 2.45) is 34.0 Å². The normalized spacial score (nSPS) is 61.9. The minimum Gasteiger partial charge on any atom is -0.300 e. The molecule has 114 valence electrons. The van der Waals surface area contributed by atoms with E-state index in [4.69, 9.17) is 2.74 Å². The second-order valence-corrected chi connectivity index (χ2v) is 8.73. The number of Topliss-reactive ketones (excluding diaryl/α,β-unsaturated/α-hetero) is 2. The number of carbonyl (C=O) groups excluding carboxylic acids is 2. The standard InChI is InChI=1S/C19H26O2/c1-17-7-6-15-13(14(17)2-3-16(17)21)5-8-18-10-12(20)4-9-19(15,18)11-18/h13-15H,2-11H2,1H3/t13-,14+,15+,17-,18?,19?/m0/s1/i11D2. The molecule has 5 fully saturated rings. The fraction of sp³-hybridized carbons (Fsp3) is 0.895. The Morgan fingerprint density at radius 3 is 2.76 bits per heavy atom. The molecule has 0 saturated heterocycles. The van der Waals surface area contributed by atoms with Crippen LogP contribution < -0.4 is 0 Å². The van der Waals surface area contributed by atoms with Gasteiger partial charge in [0.25, 0.3) is 0 Å². The first-order valence-electron chi connectivity index (χ1n) is 9.85. The summed E-state index contributed by atoms with van der Waals surface area (Å²) in [4.78, 5) is 24.5. The average molecular weight is 288 g/mol. The van der Waals surface area contributed by atoms with E-state index < -0.39 is 6.37 Å². The molecule has 2 unspecified atom stereocenters. The quantitative estimate of drug-likeness (QED) is 0.677. The molecule has 0 aromatic rings. The molecule has 0 N–H and O–H groups in total. The van der Waals surface area contributed by atoms with Gasteiger partial charge in [-0.15, -0.1) is 0 Å². The van der Waals surface area contributed by atoms with E-state index in [0.717, 1.165) is 44.9 Å². The van der Waals surface area contributed by atoms with Gasteiger partial charge < -0.3 is 0 Å². The molecule has 5 rings (SSSR count). The third-order valence-electron chi connectivity index (χ3n) is 8.23. The minimum atomic E-state index is -1.16. The van der Waals surface area contributed by atoms with Crippen molar-refractivity contribution in [3.63, 3.8) is 0 Å². The lowest BCUT2D eigenvalue weighted by atomic mass is 9.50. The maximum absolute atomic E-state index is 12.4. The largest absolute Gasteiger partial charge is 0.300 e. The van der Waals surface area contributed by atoms with Crippen molar-refractivity contribution in [3.8, 4) is 0 Å². The molecule has 21 heavy (non-hydrogen) atoms. The third-order valence-corrected chi connectivity index (χ3v) is 8.23. The summed E-state index contributed by atoms with van der Waals surface area (Å²) in [5.74, 6) is 2.11. The van der Waals surface area contributed by atoms with E-state index in [1.54, 1.807) is 0 Å². The summed E-state index contributed by atoms with van der Waals surface area (Å²) >= 11 is 0. The molecule has 5 aliphatic rings. The lowest BCUT2D eigenvalue weighted by molar-refractivity contribution is -0.134. The summed E-state index contributed by atoms with van der Waals surface area (Å²) < 4.78 is 17.6. The summed E-state index contributed by atoms with van der Waals surface area (Å²) in [5, 5.41) is 0. The van der Waals surface area contributed by atoms with Crippen molar-refractivity contribution in [2.75, 3.05) is 0 Å². The van der Waals surface area contributed by atoms with E-state index >= 15 is 0 Å². The predicted molar refractivity (Wildman–Crippen MR) is 79.6 cm³/mol. The van der Waals surface area contributed by atoms with E-state index in [0.29, 0.717) is 36.4 Å². The molecule has 6 atom stereocenters. The van der Waals surface area contributed by atoms with Crippen LogP contribution in [0, 0.1) is 34.0 Å². The predicted octanol–water partition coefficient (Wildman–Crippen LogP) is 3.92. The minimum absolute atomic E-state index is 0.135. The van der Waals surface area contributed by atoms with Crippen molar-refractivity contribution in [1.82, 2.24) is 0 Å². The zero-order chi connectivity index (χ0) is 16.3. The lowest BCUT2D eigenvalue weighted by Crippen LogP contribution is -2.48. The molecule has 2 heteroatoms. The SMILES string of the molecule is [2H]C1([2H])C23CC[C@@H]4[C@@H](CC[C@]5(C)C(=O)CC[C@H]45)C12CCC(=O)C3. The summed E-state index contributed by atoms with van der Waals surface area (Å²) in [6.45, 7) is 2.18. The molecule has 0 aliphatic heterocycles. The molecule has 0 aromatic carbocycles.